The molecule has 0 radical (unpaired) electrons. The van der Waals surface area contributed by atoms with Crippen LogP contribution in [0.5, 0.6) is 0 Å². The molecule has 1 amide bonds. The maximum Gasteiger partial charge on any atom is 0.412 e. The van der Waals surface area contributed by atoms with Gasteiger partial charge in [-0.3, -0.25) is 5.32 Å². The number of hydrogen-bond donors (Lipinski definition) is 3. The molecule has 0 rings (SSSR count). The normalized spacial score (nSPS) is 12.2. The highest BCUT2D eigenvalue weighted by molar-refractivity contribution is 5.90. The Kier molecular flexibility index (Phi) is 7.06. The van der Waals surface area contributed by atoms with Crippen molar-refractivity contribution in [1.29, 1.82) is 0 Å². The average molecular weight is 285 g/mol. The number of carboxylic acid groups (broad SMARTS) is 2. The lowest BCUT2D eigenvalue weighted by atomic mass is 10.2. The Labute approximate surface area is 116 Å². The standard InChI is InChI=1S/C13H19NO6/c1-13(2,3)20-12(19)14-9(11(17)18)7-5-4-6-8-10(15)16/h6-8H,4-5H2,1-3H3,(H,14,19)(H,15,16)(H,17,18). The van der Waals surface area contributed by atoms with E-state index in [9.17, 15) is 14.4 Å². The Morgan fingerprint density at radius 1 is 1.15 bits per heavy atom. The molecule has 0 atom stereocenters. The van der Waals surface area contributed by atoms with Gasteiger partial charge in [0.1, 0.15) is 11.3 Å². The summed E-state index contributed by atoms with van der Waals surface area (Å²) in [4.78, 5) is 32.6. The van der Waals surface area contributed by atoms with Crippen LogP contribution in [0.2, 0.25) is 0 Å². The van der Waals surface area contributed by atoms with Gasteiger partial charge in [0.15, 0.2) is 0 Å². The van der Waals surface area contributed by atoms with E-state index >= 15 is 0 Å². The van der Waals surface area contributed by atoms with E-state index in [1.165, 1.54) is 12.2 Å². The predicted octanol–water partition coefficient (Wildman–Crippen LogP) is 1.90. The maximum absolute atomic E-state index is 11.4. The summed E-state index contributed by atoms with van der Waals surface area (Å²) >= 11 is 0. The van der Waals surface area contributed by atoms with Crippen LogP contribution >= 0.6 is 0 Å². The number of unbranched alkanes of at least 4 members (excludes halogenated alkanes) is 1. The number of amides is 1. The zero-order valence-corrected chi connectivity index (χ0v) is 11.7. The molecule has 0 heterocycles. The van der Waals surface area contributed by atoms with Gasteiger partial charge in [0.05, 0.1) is 0 Å². The number of carbonyl (C=O) groups is 3. The Bertz CT molecular complexity index is 431. The quantitative estimate of drug-likeness (QED) is 0.507. The minimum atomic E-state index is -1.29. The summed E-state index contributed by atoms with van der Waals surface area (Å²) in [6.07, 6.45) is 3.42. The maximum atomic E-state index is 11.4. The van der Waals surface area contributed by atoms with Crippen molar-refractivity contribution in [2.24, 2.45) is 0 Å². The van der Waals surface area contributed by atoms with Crippen molar-refractivity contribution in [2.45, 2.75) is 39.2 Å². The highest BCUT2D eigenvalue weighted by Crippen LogP contribution is 2.07. The van der Waals surface area contributed by atoms with Crippen LogP contribution in [-0.2, 0) is 14.3 Å². The second kappa shape index (κ2) is 7.98. The Morgan fingerprint density at radius 2 is 1.75 bits per heavy atom. The van der Waals surface area contributed by atoms with E-state index < -0.39 is 23.6 Å². The van der Waals surface area contributed by atoms with Crippen LogP contribution in [0.3, 0.4) is 0 Å². The zero-order valence-electron chi connectivity index (χ0n) is 11.7. The largest absolute Gasteiger partial charge is 0.478 e. The highest BCUT2D eigenvalue weighted by atomic mass is 16.6. The number of aliphatic carboxylic acids is 2. The number of nitrogens with one attached hydrogen (secondary N) is 1. The van der Waals surface area contributed by atoms with E-state index in [1.54, 1.807) is 20.8 Å². The van der Waals surface area contributed by atoms with Gasteiger partial charge in [0.2, 0.25) is 0 Å². The van der Waals surface area contributed by atoms with Crippen molar-refractivity contribution in [2.75, 3.05) is 0 Å². The van der Waals surface area contributed by atoms with Crippen molar-refractivity contribution in [3.63, 3.8) is 0 Å². The smallest absolute Gasteiger partial charge is 0.412 e. The highest BCUT2D eigenvalue weighted by Gasteiger charge is 2.18. The molecule has 3 N–H and O–H groups in total. The first-order valence-corrected chi connectivity index (χ1v) is 5.95. The van der Waals surface area contributed by atoms with Gasteiger partial charge in [-0.15, -0.1) is 0 Å². The fraction of sp³-hybridized carbons (Fsp3) is 0.462. The Morgan fingerprint density at radius 3 is 2.20 bits per heavy atom. The second-order valence-corrected chi connectivity index (χ2v) is 4.87. The van der Waals surface area contributed by atoms with Gasteiger partial charge in [0.25, 0.3) is 0 Å². The van der Waals surface area contributed by atoms with Crippen LogP contribution in [0.1, 0.15) is 33.6 Å². The number of alkyl carbamates (subject to hydrolysis) is 1. The minimum absolute atomic E-state index is 0.279. The monoisotopic (exact) mass is 285 g/mol. The molecule has 0 aromatic carbocycles. The van der Waals surface area contributed by atoms with Crippen LogP contribution in [-0.4, -0.2) is 33.8 Å². The molecule has 0 aliphatic heterocycles. The van der Waals surface area contributed by atoms with E-state index in [1.807, 2.05) is 0 Å². The van der Waals surface area contributed by atoms with E-state index in [4.69, 9.17) is 14.9 Å². The van der Waals surface area contributed by atoms with Gasteiger partial charge in [0, 0.05) is 6.08 Å². The third kappa shape index (κ3) is 9.69. The summed E-state index contributed by atoms with van der Waals surface area (Å²) in [7, 11) is 0. The fourth-order valence-corrected chi connectivity index (χ4v) is 1.11. The van der Waals surface area contributed by atoms with Crippen LogP contribution in [0, 0.1) is 0 Å². The van der Waals surface area contributed by atoms with Gasteiger partial charge < -0.3 is 14.9 Å². The van der Waals surface area contributed by atoms with Gasteiger partial charge in [-0.05, 0) is 33.6 Å². The van der Waals surface area contributed by atoms with Crippen molar-refractivity contribution in [3.05, 3.63) is 23.9 Å². The molecular formula is C13H19NO6. The molecule has 112 valence electrons. The first-order valence-electron chi connectivity index (χ1n) is 5.95. The Hall–Kier alpha value is -2.31. The number of carboxylic acids is 2. The number of allylic oxidation sites excluding steroid dienone is 2. The van der Waals surface area contributed by atoms with Crippen molar-refractivity contribution >= 4 is 18.0 Å². The first-order chi connectivity index (χ1) is 9.11. The summed E-state index contributed by atoms with van der Waals surface area (Å²) in [5.41, 5.74) is -1.03. The number of ether oxygens (including phenoxy) is 1. The van der Waals surface area contributed by atoms with E-state index in [-0.39, 0.29) is 12.1 Å². The number of rotatable bonds is 6. The zero-order chi connectivity index (χ0) is 15.8. The number of carbonyl (C=O) groups excluding carboxylic acids is 1. The molecule has 0 aromatic rings. The third-order valence-electron chi connectivity index (χ3n) is 1.81. The van der Waals surface area contributed by atoms with Gasteiger partial charge in [-0.1, -0.05) is 12.2 Å². The summed E-state index contributed by atoms with van der Waals surface area (Å²) in [6.45, 7) is 4.98. The van der Waals surface area contributed by atoms with E-state index in [0.717, 1.165) is 6.08 Å². The molecule has 0 fully saturated rings. The fourth-order valence-electron chi connectivity index (χ4n) is 1.11. The Balaban J connectivity index is 4.46. The molecule has 0 aliphatic carbocycles. The SMILES string of the molecule is CC(C)(C)OC(=O)NC(=CCCC=CC(=O)O)C(=O)O. The second-order valence-electron chi connectivity index (χ2n) is 4.87. The van der Waals surface area contributed by atoms with Gasteiger partial charge in [-0.25, -0.2) is 14.4 Å². The molecular weight excluding hydrogens is 266 g/mol. The van der Waals surface area contributed by atoms with Gasteiger partial charge in [-0.2, -0.15) is 0 Å². The lowest BCUT2D eigenvalue weighted by Gasteiger charge is -2.19. The van der Waals surface area contributed by atoms with Crippen LogP contribution in [0.15, 0.2) is 23.9 Å². The molecule has 0 spiro atoms. The molecule has 0 aromatic heterocycles. The molecule has 0 saturated heterocycles. The van der Waals surface area contributed by atoms with E-state index in [2.05, 4.69) is 5.32 Å². The molecule has 0 saturated carbocycles. The first kappa shape index (κ1) is 17.7. The summed E-state index contributed by atoms with van der Waals surface area (Å²) in [6, 6.07) is 0. The van der Waals surface area contributed by atoms with Crippen molar-refractivity contribution < 1.29 is 29.3 Å². The summed E-state index contributed by atoms with van der Waals surface area (Å²) < 4.78 is 4.93. The van der Waals surface area contributed by atoms with Crippen molar-refractivity contribution in [1.82, 2.24) is 5.32 Å². The van der Waals surface area contributed by atoms with Gasteiger partial charge >= 0.3 is 18.0 Å². The van der Waals surface area contributed by atoms with E-state index in [0.29, 0.717) is 6.42 Å². The lowest BCUT2D eigenvalue weighted by molar-refractivity contribution is -0.133. The average Bonchev–Trinajstić information content (AvgIpc) is 2.23. The van der Waals surface area contributed by atoms with Crippen molar-refractivity contribution in [3.8, 4) is 0 Å². The minimum Gasteiger partial charge on any atom is -0.478 e. The molecule has 7 nitrogen and oxygen atoms in total. The predicted molar refractivity (Wildman–Crippen MR) is 71.1 cm³/mol. The summed E-state index contributed by atoms with van der Waals surface area (Å²) in [5, 5.41) is 19.4. The number of hydrogen-bond acceptors (Lipinski definition) is 4. The summed E-state index contributed by atoms with van der Waals surface area (Å²) in [5.74, 6) is -2.36. The van der Waals surface area contributed by atoms with Crippen LogP contribution in [0.4, 0.5) is 4.79 Å². The molecule has 0 aliphatic rings. The molecule has 20 heavy (non-hydrogen) atoms. The lowest BCUT2D eigenvalue weighted by Crippen LogP contribution is -2.34. The molecule has 0 bridgehead atoms. The van der Waals surface area contributed by atoms with Crippen LogP contribution < -0.4 is 5.32 Å². The third-order valence-corrected chi connectivity index (χ3v) is 1.81. The molecule has 7 heteroatoms. The molecule has 0 unspecified atom stereocenters. The van der Waals surface area contributed by atoms with Crippen LogP contribution in [0.25, 0.3) is 0 Å². The topological polar surface area (TPSA) is 113 Å².